The molecule has 0 radical (unpaired) electrons. The minimum atomic E-state index is -4.28. The maximum atomic E-state index is 12.5. The minimum absolute atomic E-state index is 0.214. The second-order valence-corrected chi connectivity index (χ2v) is 5.53. The second-order valence-electron chi connectivity index (χ2n) is 5.53. The number of hydrogen-bond donors (Lipinski definition) is 1. The van der Waals surface area contributed by atoms with Gasteiger partial charge in [0.05, 0.1) is 12.7 Å². The Bertz CT molecular complexity index is 606. The maximum Gasteiger partial charge on any atom is 0.416 e. The van der Waals surface area contributed by atoms with Crippen molar-refractivity contribution in [2.75, 3.05) is 7.11 Å². The lowest BCUT2D eigenvalue weighted by Crippen LogP contribution is -2.27. The third kappa shape index (κ3) is 5.28. The molecule has 2 nitrogen and oxygen atoms in total. The van der Waals surface area contributed by atoms with Crippen molar-refractivity contribution < 1.29 is 17.9 Å². The normalized spacial score (nSPS) is 12.9. The molecule has 2 aromatic rings. The van der Waals surface area contributed by atoms with E-state index in [2.05, 4.69) is 5.32 Å². The number of nitrogens with one attached hydrogen (secondary N) is 1. The van der Waals surface area contributed by atoms with Gasteiger partial charge in [-0.25, -0.2) is 0 Å². The summed E-state index contributed by atoms with van der Waals surface area (Å²) < 4.78 is 42.6. The Morgan fingerprint density at radius 1 is 0.957 bits per heavy atom. The molecule has 5 heteroatoms. The Labute approximate surface area is 134 Å². The molecule has 0 amide bonds. The van der Waals surface area contributed by atoms with E-state index in [-0.39, 0.29) is 6.04 Å². The Balaban J connectivity index is 1.84. The summed E-state index contributed by atoms with van der Waals surface area (Å²) in [5.41, 5.74) is 1.39. The fourth-order valence-corrected chi connectivity index (χ4v) is 2.29. The summed E-state index contributed by atoms with van der Waals surface area (Å²) in [5, 5.41) is 3.32. The SMILES string of the molecule is COc1ccc(CC(C)NCc2ccc(C(F)(F)F)cc2)cc1. The van der Waals surface area contributed by atoms with Crippen LogP contribution in [0.2, 0.25) is 0 Å². The summed E-state index contributed by atoms with van der Waals surface area (Å²) >= 11 is 0. The molecule has 0 heterocycles. The van der Waals surface area contributed by atoms with Gasteiger partial charge in [0.2, 0.25) is 0 Å². The van der Waals surface area contributed by atoms with Gasteiger partial charge in [-0.1, -0.05) is 24.3 Å². The number of alkyl halides is 3. The van der Waals surface area contributed by atoms with Crippen LogP contribution in [-0.2, 0) is 19.1 Å². The fourth-order valence-electron chi connectivity index (χ4n) is 2.29. The number of ether oxygens (including phenoxy) is 1. The highest BCUT2D eigenvalue weighted by Gasteiger charge is 2.29. The van der Waals surface area contributed by atoms with Crippen molar-refractivity contribution in [3.63, 3.8) is 0 Å². The highest BCUT2D eigenvalue weighted by atomic mass is 19.4. The van der Waals surface area contributed by atoms with Crippen LogP contribution in [0.3, 0.4) is 0 Å². The Hall–Kier alpha value is -2.01. The van der Waals surface area contributed by atoms with Crippen LogP contribution >= 0.6 is 0 Å². The molecule has 1 N–H and O–H groups in total. The number of hydrogen-bond acceptors (Lipinski definition) is 2. The van der Waals surface area contributed by atoms with E-state index in [1.54, 1.807) is 7.11 Å². The van der Waals surface area contributed by atoms with Crippen LogP contribution in [0.15, 0.2) is 48.5 Å². The van der Waals surface area contributed by atoms with Gasteiger partial charge in [-0.2, -0.15) is 13.2 Å². The van der Waals surface area contributed by atoms with Crippen LogP contribution in [0.1, 0.15) is 23.6 Å². The minimum Gasteiger partial charge on any atom is -0.497 e. The van der Waals surface area contributed by atoms with Gasteiger partial charge in [0.1, 0.15) is 5.75 Å². The summed E-state index contributed by atoms with van der Waals surface area (Å²) in [5.74, 6) is 0.819. The van der Waals surface area contributed by atoms with Crippen molar-refractivity contribution in [3.05, 3.63) is 65.2 Å². The quantitative estimate of drug-likeness (QED) is 0.849. The molecule has 0 spiro atoms. The van der Waals surface area contributed by atoms with Gasteiger partial charge in [-0.05, 0) is 48.7 Å². The van der Waals surface area contributed by atoms with Gasteiger partial charge < -0.3 is 10.1 Å². The van der Waals surface area contributed by atoms with Crippen molar-refractivity contribution in [3.8, 4) is 5.75 Å². The van der Waals surface area contributed by atoms with Gasteiger partial charge in [-0.3, -0.25) is 0 Å². The van der Waals surface area contributed by atoms with Crippen molar-refractivity contribution in [1.82, 2.24) is 5.32 Å². The zero-order valence-electron chi connectivity index (χ0n) is 13.2. The van der Waals surface area contributed by atoms with Crippen molar-refractivity contribution in [2.24, 2.45) is 0 Å². The topological polar surface area (TPSA) is 21.3 Å². The third-order valence-corrected chi connectivity index (χ3v) is 3.64. The summed E-state index contributed by atoms with van der Waals surface area (Å²) in [6.45, 7) is 2.59. The molecular weight excluding hydrogens is 303 g/mol. The van der Waals surface area contributed by atoms with Crippen molar-refractivity contribution >= 4 is 0 Å². The van der Waals surface area contributed by atoms with Gasteiger partial charge in [0, 0.05) is 12.6 Å². The van der Waals surface area contributed by atoms with Gasteiger partial charge in [-0.15, -0.1) is 0 Å². The molecule has 1 atom stereocenters. The number of benzene rings is 2. The van der Waals surface area contributed by atoms with E-state index in [9.17, 15) is 13.2 Å². The van der Waals surface area contributed by atoms with Gasteiger partial charge >= 0.3 is 6.18 Å². The van der Waals surface area contributed by atoms with Crippen LogP contribution in [0.4, 0.5) is 13.2 Å². The van der Waals surface area contributed by atoms with E-state index in [1.165, 1.54) is 17.7 Å². The monoisotopic (exact) mass is 323 g/mol. The molecule has 0 aromatic heterocycles. The maximum absolute atomic E-state index is 12.5. The van der Waals surface area contributed by atoms with E-state index >= 15 is 0 Å². The van der Waals surface area contributed by atoms with Gasteiger partial charge in [0.15, 0.2) is 0 Å². The summed E-state index contributed by atoms with van der Waals surface area (Å²) in [7, 11) is 1.63. The van der Waals surface area contributed by atoms with E-state index in [1.807, 2.05) is 31.2 Å². The molecule has 0 fully saturated rings. The molecule has 0 aliphatic rings. The number of halogens is 3. The molecule has 1 unspecified atom stereocenters. The van der Waals surface area contributed by atoms with Crippen LogP contribution in [-0.4, -0.2) is 13.2 Å². The van der Waals surface area contributed by atoms with Crippen molar-refractivity contribution in [2.45, 2.75) is 32.1 Å². The van der Waals surface area contributed by atoms with E-state index < -0.39 is 11.7 Å². The zero-order chi connectivity index (χ0) is 16.9. The summed E-state index contributed by atoms with van der Waals surface area (Å²) in [4.78, 5) is 0. The predicted octanol–water partition coefficient (Wildman–Crippen LogP) is 4.43. The lowest BCUT2D eigenvalue weighted by Gasteiger charge is -2.15. The molecule has 0 saturated carbocycles. The molecule has 0 aliphatic heterocycles. The highest BCUT2D eigenvalue weighted by molar-refractivity contribution is 5.28. The predicted molar refractivity (Wildman–Crippen MR) is 84.4 cm³/mol. The average molecular weight is 323 g/mol. The summed E-state index contributed by atoms with van der Waals surface area (Å²) in [6.07, 6.45) is -3.45. The Morgan fingerprint density at radius 2 is 1.52 bits per heavy atom. The zero-order valence-corrected chi connectivity index (χ0v) is 13.2. The molecule has 23 heavy (non-hydrogen) atoms. The van der Waals surface area contributed by atoms with Crippen LogP contribution in [0.5, 0.6) is 5.75 Å². The second kappa shape index (κ2) is 7.51. The standard InChI is InChI=1S/C18H20F3NO/c1-13(11-14-5-9-17(23-2)10-6-14)22-12-15-3-7-16(8-4-15)18(19,20)21/h3-10,13,22H,11-12H2,1-2H3. The molecule has 0 saturated heterocycles. The molecular formula is C18H20F3NO. The van der Waals surface area contributed by atoms with Crippen LogP contribution in [0.25, 0.3) is 0 Å². The first-order valence-electron chi connectivity index (χ1n) is 7.41. The third-order valence-electron chi connectivity index (χ3n) is 3.64. The number of methoxy groups -OCH3 is 1. The molecule has 2 aromatic carbocycles. The number of rotatable bonds is 6. The fraction of sp³-hybridized carbons (Fsp3) is 0.333. The Kier molecular flexibility index (Phi) is 5.66. The molecule has 124 valence electrons. The lowest BCUT2D eigenvalue weighted by molar-refractivity contribution is -0.137. The molecule has 0 bridgehead atoms. The van der Waals surface area contributed by atoms with Crippen molar-refractivity contribution in [1.29, 1.82) is 0 Å². The van der Waals surface area contributed by atoms with E-state index in [4.69, 9.17) is 4.74 Å². The largest absolute Gasteiger partial charge is 0.497 e. The molecule has 2 rings (SSSR count). The van der Waals surface area contributed by atoms with Gasteiger partial charge in [0.25, 0.3) is 0 Å². The van der Waals surface area contributed by atoms with E-state index in [0.717, 1.165) is 29.9 Å². The first-order valence-corrected chi connectivity index (χ1v) is 7.41. The average Bonchev–Trinajstić information content (AvgIpc) is 2.53. The Morgan fingerprint density at radius 3 is 2.04 bits per heavy atom. The first-order chi connectivity index (χ1) is 10.9. The molecule has 0 aliphatic carbocycles. The van der Waals surface area contributed by atoms with Crippen LogP contribution < -0.4 is 10.1 Å². The van der Waals surface area contributed by atoms with E-state index in [0.29, 0.717) is 6.54 Å². The van der Waals surface area contributed by atoms with Crippen LogP contribution in [0, 0.1) is 0 Å². The highest BCUT2D eigenvalue weighted by Crippen LogP contribution is 2.29. The first kappa shape index (κ1) is 17.3. The smallest absolute Gasteiger partial charge is 0.416 e. The lowest BCUT2D eigenvalue weighted by atomic mass is 10.1. The summed E-state index contributed by atoms with van der Waals surface area (Å²) in [6, 6.07) is 13.3.